The second-order valence-corrected chi connectivity index (χ2v) is 7.63. The molecule has 2 aromatic rings. The molecule has 8 nitrogen and oxygen atoms in total. The number of rotatable bonds is 9. The van der Waals surface area contributed by atoms with Gasteiger partial charge in [-0.1, -0.05) is 29.8 Å². The number of carbonyl (C=O) groups excluding carboxylic acids is 2. The molecule has 172 valence electrons. The molecule has 2 aromatic carbocycles. The first-order valence-electron chi connectivity index (χ1n) is 10.7. The van der Waals surface area contributed by atoms with E-state index in [9.17, 15) is 9.59 Å². The lowest BCUT2D eigenvalue weighted by atomic mass is 10.0. The zero-order valence-corrected chi connectivity index (χ0v) is 18.8. The number of morpholine rings is 1. The Morgan fingerprint density at radius 1 is 1.03 bits per heavy atom. The lowest BCUT2D eigenvalue weighted by Crippen LogP contribution is -2.45. The topological polar surface area (TPSA) is 89.1 Å². The molecule has 0 aliphatic carbocycles. The van der Waals surface area contributed by atoms with Gasteiger partial charge in [0.2, 0.25) is 5.91 Å². The molecule has 3 rings (SSSR count). The van der Waals surface area contributed by atoms with Gasteiger partial charge in [-0.2, -0.15) is 0 Å². The van der Waals surface area contributed by atoms with E-state index in [1.54, 1.807) is 18.2 Å². The van der Waals surface area contributed by atoms with Gasteiger partial charge in [0.25, 0.3) is 5.91 Å². The highest BCUT2D eigenvalue weighted by Crippen LogP contribution is 2.27. The predicted octanol–water partition coefficient (Wildman–Crippen LogP) is 1.93. The fourth-order valence-corrected chi connectivity index (χ4v) is 3.74. The molecule has 1 aliphatic heterocycles. The number of nitrogens with one attached hydrogen (secondary N) is 2. The minimum absolute atomic E-state index is 0.0456. The summed E-state index contributed by atoms with van der Waals surface area (Å²) in [7, 11) is 3.04. The fraction of sp³-hybridized carbons (Fsp3) is 0.417. The molecular formula is C24H31N3O5. The number of ether oxygens (including phenoxy) is 3. The van der Waals surface area contributed by atoms with Gasteiger partial charge in [-0.15, -0.1) is 0 Å². The average molecular weight is 442 g/mol. The highest BCUT2D eigenvalue weighted by Gasteiger charge is 2.23. The van der Waals surface area contributed by atoms with Crippen molar-refractivity contribution in [3.8, 4) is 11.5 Å². The van der Waals surface area contributed by atoms with E-state index in [4.69, 9.17) is 14.2 Å². The van der Waals surface area contributed by atoms with E-state index in [2.05, 4.69) is 40.7 Å². The zero-order chi connectivity index (χ0) is 22.9. The summed E-state index contributed by atoms with van der Waals surface area (Å²) in [6.45, 7) is 5.37. The Kier molecular flexibility index (Phi) is 8.47. The summed E-state index contributed by atoms with van der Waals surface area (Å²) in [5.74, 6) is 0.387. The number of nitrogens with zero attached hydrogens (tertiary/aromatic N) is 1. The smallest absolute Gasteiger partial charge is 0.251 e. The lowest BCUT2D eigenvalue weighted by molar-refractivity contribution is -0.120. The van der Waals surface area contributed by atoms with Gasteiger partial charge >= 0.3 is 0 Å². The number of aryl methyl sites for hydroxylation is 1. The van der Waals surface area contributed by atoms with Gasteiger partial charge in [-0.25, -0.2) is 0 Å². The maximum Gasteiger partial charge on any atom is 0.251 e. The van der Waals surface area contributed by atoms with Crippen LogP contribution in [0.1, 0.15) is 27.5 Å². The molecule has 2 amide bonds. The number of amides is 2. The Balaban J connectivity index is 1.57. The summed E-state index contributed by atoms with van der Waals surface area (Å²) in [4.78, 5) is 27.2. The van der Waals surface area contributed by atoms with Gasteiger partial charge in [0, 0.05) is 25.2 Å². The largest absolute Gasteiger partial charge is 0.493 e. The molecule has 2 N–H and O–H groups in total. The van der Waals surface area contributed by atoms with Crippen molar-refractivity contribution >= 4 is 11.8 Å². The molecule has 0 radical (unpaired) electrons. The molecule has 0 saturated carbocycles. The van der Waals surface area contributed by atoms with Crippen molar-refractivity contribution < 1.29 is 23.8 Å². The number of hydrogen-bond acceptors (Lipinski definition) is 6. The molecule has 1 atom stereocenters. The van der Waals surface area contributed by atoms with E-state index in [0.717, 1.165) is 18.7 Å². The van der Waals surface area contributed by atoms with Crippen molar-refractivity contribution in [3.63, 3.8) is 0 Å². The summed E-state index contributed by atoms with van der Waals surface area (Å²) in [6.07, 6.45) is 0. The first kappa shape index (κ1) is 23.6. The van der Waals surface area contributed by atoms with E-state index >= 15 is 0 Å². The summed E-state index contributed by atoms with van der Waals surface area (Å²) < 4.78 is 15.9. The first-order valence-corrected chi connectivity index (χ1v) is 10.7. The van der Waals surface area contributed by atoms with Crippen LogP contribution in [0.3, 0.4) is 0 Å². The van der Waals surface area contributed by atoms with Crippen molar-refractivity contribution in [2.24, 2.45) is 0 Å². The number of methoxy groups -OCH3 is 2. The fourth-order valence-electron chi connectivity index (χ4n) is 3.74. The van der Waals surface area contributed by atoms with Crippen LogP contribution in [0.15, 0.2) is 42.5 Å². The maximum atomic E-state index is 12.5. The van der Waals surface area contributed by atoms with E-state index < -0.39 is 0 Å². The average Bonchev–Trinajstić information content (AvgIpc) is 2.83. The molecule has 1 heterocycles. The van der Waals surface area contributed by atoms with E-state index in [1.165, 1.54) is 19.8 Å². The van der Waals surface area contributed by atoms with Crippen LogP contribution in [-0.4, -0.2) is 70.3 Å². The highest BCUT2D eigenvalue weighted by molar-refractivity contribution is 5.97. The SMILES string of the molecule is COc1ccc(C(=O)NCC(=O)NCC(c2cccc(C)c2)N2CCOCC2)cc1OC. The van der Waals surface area contributed by atoms with E-state index in [-0.39, 0.29) is 24.4 Å². The predicted molar refractivity (Wildman–Crippen MR) is 121 cm³/mol. The summed E-state index contributed by atoms with van der Waals surface area (Å²) in [6, 6.07) is 13.2. The third-order valence-corrected chi connectivity index (χ3v) is 5.46. The second-order valence-electron chi connectivity index (χ2n) is 7.63. The van der Waals surface area contributed by atoms with Gasteiger partial charge in [-0.05, 0) is 30.7 Å². The Bertz CT molecular complexity index is 928. The Labute approximate surface area is 188 Å². The van der Waals surface area contributed by atoms with Gasteiger partial charge < -0.3 is 24.8 Å². The van der Waals surface area contributed by atoms with Crippen LogP contribution in [0.2, 0.25) is 0 Å². The first-order chi connectivity index (χ1) is 15.5. The van der Waals surface area contributed by atoms with Crippen molar-refractivity contribution in [2.75, 3.05) is 53.6 Å². The summed E-state index contributed by atoms with van der Waals surface area (Å²) >= 11 is 0. The Morgan fingerprint density at radius 3 is 2.47 bits per heavy atom. The van der Waals surface area contributed by atoms with Crippen molar-refractivity contribution in [1.29, 1.82) is 0 Å². The second kappa shape index (κ2) is 11.5. The minimum Gasteiger partial charge on any atom is -0.493 e. The third kappa shape index (κ3) is 6.21. The molecular weight excluding hydrogens is 410 g/mol. The van der Waals surface area contributed by atoms with Crippen LogP contribution in [0.5, 0.6) is 11.5 Å². The van der Waals surface area contributed by atoms with Crippen LogP contribution in [0.4, 0.5) is 0 Å². The van der Waals surface area contributed by atoms with Crippen molar-refractivity contribution in [1.82, 2.24) is 15.5 Å². The molecule has 1 fully saturated rings. The molecule has 1 unspecified atom stereocenters. The number of hydrogen-bond donors (Lipinski definition) is 2. The monoisotopic (exact) mass is 441 g/mol. The van der Waals surface area contributed by atoms with Crippen molar-refractivity contribution in [2.45, 2.75) is 13.0 Å². The quantitative estimate of drug-likeness (QED) is 0.618. The van der Waals surface area contributed by atoms with E-state index in [0.29, 0.717) is 36.8 Å². The Morgan fingerprint density at radius 2 is 1.78 bits per heavy atom. The van der Waals surface area contributed by atoms with E-state index in [1.807, 2.05) is 6.07 Å². The molecule has 8 heteroatoms. The Hall–Kier alpha value is -3.10. The maximum absolute atomic E-state index is 12.5. The number of carbonyl (C=O) groups is 2. The summed E-state index contributed by atoms with van der Waals surface area (Å²) in [5, 5.41) is 5.62. The molecule has 1 aliphatic rings. The van der Waals surface area contributed by atoms with Crippen LogP contribution in [0.25, 0.3) is 0 Å². The highest BCUT2D eigenvalue weighted by atomic mass is 16.5. The van der Waals surface area contributed by atoms with Gasteiger partial charge in [-0.3, -0.25) is 14.5 Å². The third-order valence-electron chi connectivity index (χ3n) is 5.46. The lowest BCUT2D eigenvalue weighted by Gasteiger charge is -2.35. The molecule has 0 bridgehead atoms. The zero-order valence-electron chi connectivity index (χ0n) is 18.8. The van der Waals surface area contributed by atoms with Gasteiger partial charge in [0.15, 0.2) is 11.5 Å². The van der Waals surface area contributed by atoms with Gasteiger partial charge in [0.1, 0.15) is 0 Å². The summed E-state index contributed by atoms with van der Waals surface area (Å²) in [5.41, 5.74) is 2.72. The van der Waals surface area contributed by atoms with Crippen LogP contribution >= 0.6 is 0 Å². The van der Waals surface area contributed by atoms with Crippen LogP contribution < -0.4 is 20.1 Å². The normalized spacial score (nSPS) is 15.0. The van der Waals surface area contributed by atoms with Crippen LogP contribution in [-0.2, 0) is 9.53 Å². The van der Waals surface area contributed by atoms with Crippen molar-refractivity contribution in [3.05, 3.63) is 59.2 Å². The number of benzene rings is 2. The van der Waals surface area contributed by atoms with Crippen LogP contribution in [0, 0.1) is 6.92 Å². The molecule has 0 spiro atoms. The van der Waals surface area contributed by atoms with Gasteiger partial charge in [0.05, 0.1) is 40.0 Å². The minimum atomic E-state index is -0.357. The molecule has 32 heavy (non-hydrogen) atoms. The molecule has 1 saturated heterocycles. The standard InChI is InChI=1S/C24H31N3O5/c1-17-5-4-6-18(13-17)20(27-9-11-32-12-10-27)15-25-23(28)16-26-24(29)19-7-8-21(30-2)22(14-19)31-3/h4-8,13-14,20H,9-12,15-16H2,1-3H3,(H,25,28)(H,26,29). The molecule has 0 aromatic heterocycles.